The smallest absolute Gasteiger partial charge is 0.157 e. The van der Waals surface area contributed by atoms with Gasteiger partial charge in [-0.25, -0.2) is 0 Å². The molecule has 0 aromatic heterocycles. The lowest BCUT2D eigenvalue weighted by Crippen LogP contribution is -2.22. The number of ether oxygens (including phenoxy) is 6. The third-order valence-corrected chi connectivity index (χ3v) is 3.55. The summed E-state index contributed by atoms with van der Waals surface area (Å²) in [7, 11) is 1.66. The van der Waals surface area contributed by atoms with Gasteiger partial charge in [-0.15, -0.1) is 0 Å². The predicted octanol–water partition coefficient (Wildman–Crippen LogP) is 2.40. The first-order chi connectivity index (χ1) is 11.4. The molecule has 1 unspecified atom stereocenters. The minimum Gasteiger partial charge on any atom is -0.382 e. The Morgan fingerprint density at radius 1 is 0.739 bits per heavy atom. The molecule has 0 amide bonds. The summed E-state index contributed by atoms with van der Waals surface area (Å²) < 4.78 is 32.3. The number of hydrogen-bond donors (Lipinski definition) is 0. The Morgan fingerprint density at radius 2 is 1.39 bits per heavy atom. The maximum Gasteiger partial charge on any atom is 0.157 e. The molecule has 0 aromatic rings. The van der Waals surface area contributed by atoms with Crippen molar-refractivity contribution in [1.82, 2.24) is 0 Å². The third kappa shape index (κ3) is 13.9. The molecule has 0 N–H and O–H groups in total. The van der Waals surface area contributed by atoms with Gasteiger partial charge in [0, 0.05) is 26.9 Å². The van der Waals surface area contributed by atoms with E-state index in [9.17, 15) is 0 Å². The third-order valence-electron chi connectivity index (χ3n) is 3.55. The van der Waals surface area contributed by atoms with Gasteiger partial charge in [0.25, 0.3) is 0 Å². The average Bonchev–Trinajstić information content (AvgIpc) is 2.59. The van der Waals surface area contributed by atoms with Crippen molar-refractivity contribution in [1.29, 1.82) is 0 Å². The standard InChI is InChI=1S/C17H34O6/c1-18-11-12-20-15-16-21-14-13-19-8-4-2-5-9-22-17-7-3-6-10-23-17/h17H,2-16H2,1H3. The number of rotatable bonds is 16. The van der Waals surface area contributed by atoms with Gasteiger partial charge in [0.05, 0.1) is 39.6 Å². The normalized spacial score (nSPS) is 18.4. The second-order valence-electron chi connectivity index (χ2n) is 5.56. The highest BCUT2D eigenvalue weighted by atomic mass is 16.7. The van der Waals surface area contributed by atoms with Crippen molar-refractivity contribution < 1.29 is 28.4 Å². The van der Waals surface area contributed by atoms with Crippen LogP contribution < -0.4 is 0 Å². The van der Waals surface area contributed by atoms with Gasteiger partial charge in [0.15, 0.2) is 6.29 Å². The SMILES string of the molecule is COCCOCCOCCOCCCCCOC1CCCCO1. The molecular weight excluding hydrogens is 300 g/mol. The van der Waals surface area contributed by atoms with Crippen molar-refractivity contribution in [2.45, 2.75) is 44.8 Å². The summed E-state index contributed by atoms with van der Waals surface area (Å²) in [6.07, 6.45) is 6.73. The van der Waals surface area contributed by atoms with Crippen LogP contribution in [-0.4, -0.2) is 72.9 Å². The van der Waals surface area contributed by atoms with Crippen molar-refractivity contribution in [2.75, 3.05) is 66.6 Å². The molecule has 1 fully saturated rings. The largest absolute Gasteiger partial charge is 0.382 e. The maximum atomic E-state index is 5.69. The molecule has 6 nitrogen and oxygen atoms in total. The quantitative estimate of drug-likeness (QED) is 0.404. The Labute approximate surface area is 140 Å². The van der Waals surface area contributed by atoms with Crippen LogP contribution in [0.25, 0.3) is 0 Å². The maximum absolute atomic E-state index is 5.69. The van der Waals surface area contributed by atoms with Crippen LogP contribution in [0, 0.1) is 0 Å². The van der Waals surface area contributed by atoms with E-state index in [-0.39, 0.29) is 6.29 Å². The van der Waals surface area contributed by atoms with E-state index in [1.54, 1.807) is 7.11 Å². The summed E-state index contributed by atoms with van der Waals surface area (Å²) in [5, 5.41) is 0. The molecule has 138 valence electrons. The van der Waals surface area contributed by atoms with E-state index in [2.05, 4.69) is 0 Å². The second-order valence-corrected chi connectivity index (χ2v) is 5.56. The molecule has 6 heteroatoms. The van der Waals surface area contributed by atoms with E-state index < -0.39 is 0 Å². The topological polar surface area (TPSA) is 55.4 Å². The first-order valence-electron chi connectivity index (χ1n) is 8.89. The molecule has 1 heterocycles. The highest BCUT2D eigenvalue weighted by Crippen LogP contribution is 2.14. The molecular formula is C17H34O6. The predicted molar refractivity (Wildman–Crippen MR) is 87.7 cm³/mol. The lowest BCUT2D eigenvalue weighted by Gasteiger charge is -2.22. The van der Waals surface area contributed by atoms with Gasteiger partial charge in [-0.05, 0) is 38.5 Å². The number of hydrogen-bond acceptors (Lipinski definition) is 6. The van der Waals surface area contributed by atoms with E-state index in [1.165, 1.54) is 12.8 Å². The summed E-state index contributed by atoms with van der Waals surface area (Å²) in [5.74, 6) is 0. The molecule has 1 saturated heterocycles. The van der Waals surface area contributed by atoms with Crippen LogP contribution in [0.15, 0.2) is 0 Å². The zero-order chi connectivity index (χ0) is 16.4. The lowest BCUT2D eigenvalue weighted by atomic mass is 10.2. The van der Waals surface area contributed by atoms with Gasteiger partial charge in [-0.1, -0.05) is 0 Å². The molecule has 0 aliphatic carbocycles. The summed E-state index contributed by atoms with van der Waals surface area (Å²) in [6, 6.07) is 0. The molecule has 1 atom stereocenters. The average molecular weight is 334 g/mol. The molecule has 0 bridgehead atoms. The van der Waals surface area contributed by atoms with Gasteiger partial charge in [0.1, 0.15) is 0 Å². The zero-order valence-electron chi connectivity index (χ0n) is 14.6. The molecule has 0 radical (unpaired) electrons. The van der Waals surface area contributed by atoms with E-state index in [4.69, 9.17) is 28.4 Å². The Morgan fingerprint density at radius 3 is 2.04 bits per heavy atom. The Kier molecular flexibility index (Phi) is 15.0. The number of methoxy groups -OCH3 is 1. The lowest BCUT2D eigenvalue weighted by molar-refractivity contribution is -0.162. The fourth-order valence-electron chi connectivity index (χ4n) is 2.22. The van der Waals surface area contributed by atoms with Crippen LogP contribution in [0.4, 0.5) is 0 Å². The minimum atomic E-state index is 0.0376. The van der Waals surface area contributed by atoms with Gasteiger partial charge in [-0.3, -0.25) is 0 Å². The molecule has 1 aliphatic heterocycles. The van der Waals surface area contributed by atoms with Crippen molar-refractivity contribution in [3.05, 3.63) is 0 Å². The monoisotopic (exact) mass is 334 g/mol. The van der Waals surface area contributed by atoms with E-state index in [1.807, 2.05) is 0 Å². The first-order valence-corrected chi connectivity index (χ1v) is 8.89. The van der Waals surface area contributed by atoms with Crippen LogP contribution in [0.1, 0.15) is 38.5 Å². The van der Waals surface area contributed by atoms with Crippen molar-refractivity contribution in [3.8, 4) is 0 Å². The molecule has 1 aliphatic rings. The molecule has 0 saturated carbocycles. The Bertz CT molecular complexity index is 233. The first kappa shape index (κ1) is 20.8. The molecule has 1 rings (SSSR count). The Hall–Kier alpha value is -0.240. The van der Waals surface area contributed by atoms with Crippen LogP contribution in [0.2, 0.25) is 0 Å². The van der Waals surface area contributed by atoms with Crippen molar-refractivity contribution in [3.63, 3.8) is 0 Å². The highest BCUT2D eigenvalue weighted by molar-refractivity contribution is 4.54. The van der Waals surface area contributed by atoms with E-state index in [0.717, 1.165) is 45.5 Å². The summed E-state index contributed by atoms with van der Waals surface area (Å²) in [5.41, 5.74) is 0. The molecule has 23 heavy (non-hydrogen) atoms. The van der Waals surface area contributed by atoms with Crippen LogP contribution in [-0.2, 0) is 28.4 Å². The van der Waals surface area contributed by atoms with E-state index in [0.29, 0.717) is 39.6 Å². The van der Waals surface area contributed by atoms with Crippen LogP contribution >= 0.6 is 0 Å². The van der Waals surface area contributed by atoms with E-state index >= 15 is 0 Å². The molecule has 0 aromatic carbocycles. The second kappa shape index (κ2) is 16.6. The van der Waals surface area contributed by atoms with Crippen LogP contribution in [0.3, 0.4) is 0 Å². The minimum absolute atomic E-state index is 0.0376. The van der Waals surface area contributed by atoms with Gasteiger partial charge >= 0.3 is 0 Å². The summed E-state index contributed by atoms with van der Waals surface area (Å²) >= 11 is 0. The van der Waals surface area contributed by atoms with Crippen molar-refractivity contribution >= 4 is 0 Å². The summed E-state index contributed by atoms with van der Waals surface area (Å²) in [4.78, 5) is 0. The fraction of sp³-hybridized carbons (Fsp3) is 1.00. The molecule has 0 spiro atoms. The van der Waals surface area contributed by atoms with Crippen LogP contribution in [0.5, 0.6) is 0 Å². The van der Waals surface area contributed by atoms with Gasteiger partial charge < -0.3 is 28.4 Å². The highest BCUT2D eigenvalue weighted by Gasteiger charge is 2.13. The number of unbranched alkanes of at least 4 members (excludes halogenated alkanes) is 2. The van der Waals surface area contributed by atoms with Gasteiger partial charge in [0.2, 0.25) is 0 Å². The fourth-order valence-corrected chi connectivity index (χ4v) is 2.22. The van der Waals surface area contributed by atoms with Gasteiger partial charge in [-0.2, -0.15) is 0 Å². The summed E-state index contributed by atoms with van der Waals surface area (Å²) in [6.45, 7) is 6.14. The van der Waals surface area contributed by atoms with Crippen molar-refractivity contribution in [2.24, 2.45) is 0 Å². The zero-order valence-corrected chi connectivity index (χ0v) is 14.6. The Balaban J connectivity index is 1.67.